The van der Waals surface area contributed by atoms with Crippen LogP contribution in [0.3, 0.4) is 0 Å². The summed E-state index contributed by atoms with van der Waals surface area (Å²) in [5.41, 5.74) is 2.05. The molecule has 4 nitrogen and oxygen atoms in total. The van der Waals surface area contributed by atoms with Crippen LogP contribution in [-0.4, -0.2) is 22.8 Å². The first-order valence-electron chi connectivity index (χ1n) is 8.65. The van der Waals surface area contributed by atoms with Gasteiger partial charge in [-0.25, -0.2) is 0 Å². The minimum atomic E-state index is -0.529. The molecule has 0 bridgehead atoms. The average Bonchev–Trinajstić information content (AvgIpc) is 2.64. The van der Waals surface area contributed by atoms with Crippen LogP contribution in [0.1, 0.15) is 31.9 Å². The van der Waals surface area contributed by atoms with Crippen LogP contribution < -0.4 is 5.32 Å². The molecule has 2 aromatic carbocycles. The number of carbonyl (C=O) groups is 2. The summed E-state index contributed by atoms with van der Waals surface area (Å²) in [6.45, 7) is 6.38. The average molecular weight is 338 g/mol. The summed E-state index contributed by atoms with van der Waals surface area (Å²) in [7, 11) is 0. The van der Waals surface area contributed by atoms with Crippen LogP contribution in [0.25, 0.3) is 0 Å². The zero-order valence-electron chi connectivity index (χ0n) is 15.1. The first-order chi connectivity index (χ1) is 12.0. The molecule has 0 spiro atoms. The van der Waals surface area contributed by atoms with Gasteiger partial charge in [0.15, 0.2) is 0 Å². The molecule has 0 aromatic heterocycles. The normalized spacial score (nSPS) is 11.8. The van der Waals surface area contributed by atoms with Gasteiger partial charge in [0.05, 0.1) is 0 Å². The van der Waals surface area contributed by atoms with E-state index in [2.05, 4.69) is 5.32 Å². The Balaban J connectivity index is 2.06. The number of carbonyl (C=O) groups excluding carboxylic acids is 2. The van der Waals surface area contributed by atoms with Gasteiger partial charge in [-0.1, -0.05) is 74.5 Å². The largest absolute Gasteiger partial charge is 0.350 e. The van der Waals surface area contributed by atoms with E-state index in [-0.39, 0.29) is 17.7 Å². The molecule has 0 fully saturated rings. The third-order valence-electron chi connectivity index (χ3n) is 4.13. The molecule has 1 unspecified atom stereocenters. The molecule has 0 heterocycles. The van der Waals surface area contributed by atoms with Gasteiger partial charge in [0.2, 0.25) is 11.8 Å². The van der Waals surface area contributed by atoms with Crippen molar-refractivity contribution in [2.45, 2.75) is 39.9 Å². The molecule has 0 aliphatic heterocycles. The van der Waals surface area contributed by atoms with Crippen molar-refractivity contribution in [3.05, 3.63) is 71.8 Å². The number of amides is 2. The highest BCUT2D eigenvalue weighted by molar-refractivity contribution is 5.88. The fourth-order valence-electron chi connectivity index (χ4n) is 2.59. The molecular formula is C21H26N2O2. The van der Waals surface area contributed by atoms with Gasteiger partial charge in [-0.3, -0.25) is 9.59 Å². The van der Waals surface area contributed by atoms with Gasteiger partial charge in [0, 0.05) is 19.0 Å². The summed E-state index contributed by atoms with van der Waals surface area (Å²) >= 11 is 0. The number of hydrogen-bond acceptors (Lipinski definition) is 2. The van der Waals surface area contributed by atoms with Crippen molar-refractivity contribution in [2.24, 2.45) is 5.92 Å². The second-order valence-corrected chi connectivity index (χ2v) is 6.49. The van der Waals surface area contributed by atoms with E-state index >= 15 is 0 Å². The molecule has 25 heavy (non-hydrogen) atoms. The molecule has 0 aliphatic rings. The van der Waals surface area contributed by atoms with E-state index in [0.29, 0.717) is 13.1 Å². The Kier molecular flexibility index (Phi) is 6.75. The summed E-state index contributed by atoms with van der Waals surface area (Å²) in [6.07, 6.45) is 0. The van der Waals surface area contributed by atoms with Gasteiger partial charge in [0.25, 0.3) is 0 Å². The maximum Gasteiger partial charge on any atom is 0.242 e. The number of hydrogen-bond donors (Lipinski definition) is 1. The predicted molar refractivity (Wildman–Crippen MR) is 99.6 cm³/mol. The Labute approximate surface area is 149 Å². The van der Waals surface area contributed by atoms with E-state index in [9.17, 15) is 9.59 Å². The van der Waals surface area contributed by atoms with Gasteiger partial charge >= 0.3 is 0 Å². The zero-order valence-corrected chi connectivity index (χ0v) is 15.1. The topological polar surface area (TPSA) is 49.4 Å². The van der Waals surface area contributed by atoms with Gasteiger partial charge in [-0.15, -0.1) is 0 Å². The molecule has 0 saturated carbocycles. The number of nitrogens with one attached hydrogen (secondary N) is 1. The highest BCUT2D eigenvalue weighted by atomic mass is 16.2. The Morgan fingerprint density at radius 1 is 0.880 bits per heavy atom. The lowest BCUT2D eigenvalue weighted by Gasteiger charge is -2.30. The van der Waals surface area contributed by atoms with Crippen LogP contribution in [0.2, 0.25) is 0 Å². The minimum Gasteiger partial charge on any atom is -0.350 e. The minimum absolute atomic E-state index is 0.0220. The molecule has 0 saturated heterocycles. The molecule has 132 valence electrons. The summed E-state index contributed by atoms with van der Waals surface area (Å²) in [6, 6.07) is 19.0. The van der Waals surface area contributed by atoms with Crippen molar-refractivity contribution in [2.75, 3.05) is 0 Å². The lowest BCUT2D eigenvalue weighted by molar-refractivity contribution is -0.143. The van der Waals surface area contributed by atoms with Crippen LogP contribution in [0, 0.1) is 5.92 Å². The van der Waals surface area contributed by atoms with Crippen molar-refractivity contribution < 1.29 is 9.59 Å². The van der Waals surface area contributed by atoms with Gasteiger partial charge in [0.1, 0.15) is 6.04 Å². The molecule has 2 aromatic rings. The SMILES string of the molecule is CC(C)C(=O)N(Cc1ccccc1)C(C)C(=O)NCc1ccccc1. The monoisotopic (exact) mass is 338 g/mol. The van der Waals surface area contributed by atoms with Gasteiger partial charge in [-0.2, -0.15) is 0 Å². The van der Waals surface area contributed by atoms with Crippen molar-refractivity contribution in [3.63, 3.8) is 0 Å². The number of rotatable bonds is 7. The lowest BCUT2D eigenvalue weighted by Crippen LogP contribution is -2.48. The van der Waals surface area contributed by atoms with E-state index in [4.69, 9.17) is 0 Å². The molecular weight excluding hydrogens is 312 g/mol. The number of benzene rings is 2. The second kappa shape index (κ2) is 9.02. The lowest BCUT2D eigenvalue weighted by atomic mass is 10.1. The van der Waals surface area contributed by atoms with E-state index in [0.717, 1.165) is 11.1 Å². The van der Waals surface area contributed by atoms with E-state index < -0.39 is 6.04 Å². The molecule has 2 amide bonds. The van der Waals surface area contributed by atoms with Crippen molar-refractivity contribution in [1.82, 2.24) is 10.2 Å². The van der Waals surface area contributed by atoms with Crippen molar-refractivity contribution in [1.29, 1.82) is 0 Å². The Hall–Kier alpha value is -2.62. The molecule has 1 atom stereocenters. The Morgan fingerprint density at radius 3 is 1.92 bits per heavy atom. The van der Waals surface area contributed by atoms with Crippen LogP contribution in [0.5, 0.6) is 0 Å². The maximum absolute atomic E-state index is 12.6. The van der Waals surface area contributed by atoms with Crippen molar-refractivity contribution in [3.8, 4) is 0 Å². The summed E-state index contributed by atoms with van der Waals surface area (Å²) < 4.78 is 0. The fraction of sp³-hybridized carbons (Fsp3) is 0.333. The fourth-order valence-corrected chi connectivity index (χ4v) is 2.59. The third-order valence-corrected chi connectivity index (χ3v) is 4.13. The second-order valence-electron chi connectivity index (χ2n) is 6.49. The molecule has 1 N–H and O–H groups in total. The maximum atomic E-state index is 12.6. The summed E-state index contributed by atoms with van der Waals surface area (Å²) in [5, 5.41) is 2.93. The molecule has 0 aliphatic carbocycles. The van der Waals surface area contributed by atoms with E-state index in [1.54, 1.807) is 11.8 Å². The van der Waals surface area contributed by atoms with E-state index in [1.165, 1.54) is 0 Å². The molecule has 0 radical (unpaired) electrons. The standard InChI is InChI=1S/C21H26N2O2/c1-16(2)21(25)23(15-19-12-8-5-9-13-19)17(3)20(24)22-14-18-10-6-4-7-11-18/h4-13,16-17H,14-15H2,1-3H3,(H,22,24). The molecule has 4 heteroatoms. The van der Waals surface area contributed by atoms with Gasteiger partial charge in [-0.05, 0) is 18.1 Å². The summed E-state index contributed by atoms with van der Waals surface area (Å²) in [5.74, 6) is -0.326. The van der Waals surface area contributed by atoms with Crippen molar-refractivity contribution >= 4 is 11.8 Å². The quantitative estimate of drug-likeness (QED) is 0.841. The third kappa shape index (κ3) is 5.45. The number of nitrogens with zero attached hydrogens (tertiary/aromatic N) is 1. The highest BCUT2D eigenvalue weighted by Crippen LogP contribution is 2.13. The van der Waals surface area contributed by atoms with E-state index in [1.807, 2.05) is 74.5 Å². The Bertz CT molecular complexity index is 684. The zero-order chi connectivity index (χ0) is 18.2. The first kappa shape index (κ1) is 18.7. The van der Waals surface area contributed by atoms with Crippen LogP contribution in [0.4, 0.5) is 0 Å². The van der Waals surface area contributed by atoms with Gasteiger partial charge < -0.3 is 10.2 Å². The van der Waals surface area contributed by atoms with Crippen LogP contribution in [0.15, 0.2) is 60.7 Å². The van der Waals surface area contributed by atoms with Crippen LogP contribution in [-0.2, 0) is 22.7 Å². The predicted octanol–water partition coefficient (Wildman–Crippen LogP) is 3.38. The highest BCUT2D eigenvalue weighted by Gasteiger charge is 2.27. The summed E-state index contributed by atoms with van der Waals surface area (Å²) in [4.78, 5) is 26.8. The molecule has 2 rings (SSSR count). The van der Waals surface area contributed by atoms with Crippen LogP contribution >= 0.6 is 0 Å². The Morgan fingerprint density at radius 2 is 1.40 bits per heavy atom. The first-order valence-corrected chi connectivity index (χ1v) is 8.65. The smallest absolute Gasteiger partial charge is 0.242 e.